The number of nitrogens with one attached hydrogen (secondary N) is 4. The highest BCUT2D eigenvalue weighted by molar-refractivity contribution is 5.94. The number of nitrogens with two attached hydrogens (primary N) is 2. The molecule has 0 aliphatic heterocycles. The number of carbonyl (C=O) groups excluding carboxylic acids is 4. The minimum atomic E-state index is -1.28. The number of rotatable bonds is 14. The average molecular weight is 553 g/mol. The van der Waals surface area contributed by atoms with E-state index in [9.17, 15) is 29.1 Å². The first-order valence-electron chi connectivity index (χ1n) is 12.5. The van der Waals surface area contributed by atoms with Crippen molar-refractivity contribution < 1.29 is 34.2 Å². The number of aromatic hydroxyl groups is 1. The first-order chi connectivity index (χ1) is 19.0. The molecule has 3 unspecified atom stereocenters. The van der Waals surface area contributed by atoms with Gasteiger partial charge in [0, 0.05) is 29.9 Å². The van der Waals surface area contributed by atoms with E-state index in [-0.39, 0.29) is 31.4 Å². The van der Waals surface area contributed by atoms with E-state index in [1.807, 2.05) is 24.3 Å². The summed E-state index contributed by atoms with van der Waals surface area (Å²) >= 11 is 0. The van der Waals surface area contributed by atoms with E-state index in [4.69, 9.17) is 16.6 Å². The zero-order chi connectivity index (χ0) is 29.2. The van der Waals surface area contributed by atoms with Gasteiger partial charge in [-0.15, -0.1) is 0 Å². The molecular weight excluding hydrogens is 520 g/mol. The number of phenolic OH excluding ortho intramolecular Hbond substituents is 1. The van der Waals surface area contributed by atoms with Crippen LogP contribution in [0.3, 0.4) is 0 Å². The Hall–Kier alpha value is -4.91. The predicted octanol–water partition coefficient (Wildman–Crippen LogP) is -0.578. The second-order valence-corrected chi connectivity index (χ2v) is 9.28. The number of primary amides is 1. The lowest BCUT2D eigenvalue weighted by atomic mass is 10.0. The van der Waals surface area contributed by atoms with Crippen LogP contribution in [-0.4, -0.2) is 69.5 Å². The number of phenols is 1. The fourth-order valence-corrected chi connectivity index (χ4v) is 4.10. The van der Waals surface area contributed by atoms with Crippen molar-refractivity contribution in [1.29, 1.82) is 0 Å². The zero-order valence-electron chi connectivity index (χ0n) is 21.6. The van der Waals surface area contributed by atoms with Gasteiger partial charge >= 0.3 is 5.97 Å². The molecule has 3 atom stereocenters. The third-order valence-electron chi connectivity index (χ3n) is 6.19. The fourth-order valence-electron chi connectivity index (χ4n) is 4.10. The highest BCUT2D eigenvalue weighted by atomic mass is 16.4. The maximum atomic E-state index is 13.2. The van der Waals surface area contributed by atoms with Gasteiger partial charge in [0.25, 0.3) is 0 Å². The molecule has 0 aliphatic rings. The van der Waals surface area contributed by atoms with E-state index in [0.29, 0.717) is 5.56 Å². The second-order valence-electron chi connectivity index (χ2n) is 9.28. The Morgan fingerprint density at radius 3 is 2.23 bits per heavy atom. The lowest BCUT2D eigenvalue weighted by Crippen LogP contribution is -2.56. The SMILES string of the molecule is NC(=O)CCC(NC(=O)C(N)Cc1c[nH]c2ccccc12)C(=O)NC(Cc1ccc(O)cc1)C(=O)NCC(=O)O. The largest absolute Gasteiger partial charge is 0.508 e. The Bertz CT molecular complexity index is 1370. The normalized spacial score (nSPS) is 13.1. The minimum Gasteiger partial charge on any atom is -0.508 e. The summed E-state index contributed by atoms with van der Waals surface area (Å²) in [6.45, 7) is -0.675. The standard InChI is InChI=1S/C27H32N6O7/c28-19(12-16-13-30-20-4-2-1-3-18(16)20)25(38)32-21(9-10-23(29)35)27(40)33-22(26(39)31-14-24(36)37)11-15-5-7-17(34)8-6-15/h1-8,13,19,21-22,30,34H,9-12,14,28H2,(H2,29,35)(H,31,39)(H,32,38)(H,33,40)(H,36,37). The second kappa shape index (κ2) is 13.8. The molecule has 2 aromatic carbocycles. The first-order valence-corrected chi connectivity index (χ1v) is 12.5. The van der Waals surface area contributed by atoms with Crippen LogP contribution in [0.2, 0.25) is 0 Å². The van der Waals surface area contributed by atoms with Crippen molar-refractivity contribution >= 4 is 40.5 Å². The third-order valence-corrected chi connectivity index (χ3v) is 6.19. The van der Waals surface area contributed by atoms with E-state index in [1.54, 1.807) is 6.20 Å². The predicted molar refractivity (Wildman–Crippen MR) is 145 cm³/mol. The van der Waals surface area contributed by atoms with Gasteiger partial charge in [0.15, 0.2) is 0 Å². The van der Waals surface area contributed by atoms with Crippen molar-refractivity contribution in [3.05, 3.63) is 65.9 Å². The van der Waals surface area contributed by atoms with Gasteiger partial charge in [0.2, 0.25) is 23.6 Å². The molecule has 0 spiro atoms. The number of aliphatic carboxylic acids is 1. The molecule has 0 saturated carbocycles. The summed E-state index contributed by atoms with van der Waals surface area (Å²) in [7, 11) is 0. The van der Waals surface area contributed by atoms with Crippen molar-refractivity contribution in [1.82, 2.24) is 20.9 Å². The smallest absolute Gasteiger partial charge is 0.322 e. The molecule has 10 N–H and O–H groups in total. The van der Waals surface area contributed by atoms with Crippen molar-refractivity contribution in [2.24, 2.45) is 11.5 Å². The molecule has 13 heteroatoms. The Labute approximate surface area is 229 Å². The van der Waals surface area contributed by atoms with Crippen molar-refractivity contribution in [3.63, 3.8) is 0 Å². The molecule has 212 valence electrons. The molecule has 0 fully saturated rings. The summed E-state index contributed by atoms with van der Waals surface area (Å²) in [6, 6.07) is 9.84. The van der Waals surface area contributed by atoms with Gasteiger partial charge in [0.05, 0.1) is 6.04 Å². The lowest BCUT2D eigenvalue weighted by Gasteiger charge is -2.24. The van der Waals surface area contributed by atoms with Crippen LogP contribution in [0.1, 0.15) is 24.0 Å². The maximum Gasteiger partial charge on any atom is 0.322 e. The summed E-state index contributed by atoms with van der Waals surface area (Å²) in [5.74, 6) is -4.20. The van der Waals surface area contributed by atoms with Crippen molar-refractivity contribution in [2.75, 3.05) is 6.54 Å². The number of H-pyrrole nitrogens is 1. The Morgan fingerprint density at radius 1 is 0.875 bits per heavy atom. The number of carboxylic acid groups (broad SMARTS) is 1. The van der Waals surface area contributed by atoms with Gasteiger partial charge in [-0.3, -0.25) is 24.0 Å². The molecule has 0 saturated heterocycles. The number of carboxylic acids is 1. The summed E-state index contributed by atoms with van der Waals surface area (Å²) in [6.07, 6.45) is 1.48. The number of hydrogen-bond donors (Lipinski definition) is 8. The van der Waals surface area contributed by atoms with Crippen LogP contribution < -0.4 is 27.4 Å². The molecule has 13 nitrogen and oxygen atoms in total. The summed E-state index contributed by atoms with van der Waals surface area (Å²) in [5, 5.41) is 26.6. The minimum absolute atomic E-state index is 0.00197. The summed E-state index contributed by atoms with van der Waals surface area (Å²) in [5.41, 5.74) is 13.6. The molecule has 3 aromatic rings. The fraction of sp³-hybridized carbons (Fsp3) is 0.296. The Balaban J connectivity index is 1.73. The quantitative estimate of drug-likeness (QED) is 0.129. The van der Waals surface area contributed by atoms with E-state index >= 15 is 0 Å². The van der Waals surface area contributed by atoms with Gasteiger partial charge in [0.1, 0.15) is 24.4 Å². The van der Waals surface area contributed by atoms with Gasteiger partial charge in [-0.05, 0) is 42.2 Å². The monoisotopic (exact) mass is 552 g/mol. The van der Waals surface area contributed by atoms with Crippen LogP contribution in [0, 0.1) is 0 Å². The van der Waals surface area contributed by atoms with Crippen molar-refractivity contribution in [2.45, 2.75) is 43.8 Å². The van der Waals surface area contributed by atoms with Crippen LogP contribution in [-0.2, 0) is 36.8 Å². The van der Waals surface area contributed by atoms with E-state index in [0.717, 1.165) is 16.5 Å². The number of aromatic nitrogens is 1. The number of benzene rings is 2. The molecule has 4 amide bonds. The number of para-hydroxylation sites is 1. The molecule has 0 radical (unpaired) electrons. The molecule has 40 heavy (non-hydrogen) atoms. The number of amides is 4. The molecule has 1 heterocycles. The van der Waals surface area contributed by atoms with Crippen LogP contribution in [0.15, 0.2) is 54.7 Å². The molecule has 1 aromatic heterocycles. The molecule has 3 rings (SSSR count). The van der Waals surface area contributed by atoms with Crippen LogP contribution >= 0.6 is 0 Å². The van der Waals surface area contributed by atoms with Gasteiger partial charge in [-0.1, -0.05) is 30.3 Å². The first kappa shape index (κ1) is 29.6. The summed E-state index contributed by atoms with van der Waals surface area (Å²) in [4.78, 5) is 64.4. The van der Waals surface area contributed by atoms with Crippen LogP contribution in [0.5, 0.6) is 5.75 Å². The Kier molecular flexibility index (Phi) is 10.2. The van der Waals surface area contributed by atoms with Crippen LogP contribution in [0.4, 0.5) is 0 Å². The topological polar surface area (TPSA) is 230 Å². The van der Waals surface area contributed by atoms with Gasteiger partial charge in [-0.25, -0.2) is 0 Å². The van der Waals surface area contributed by atoms with Crippen molar-refractivity contribution in [3.8, 4) is 5.75 Å². The molecule has 0 bridgehead atoms. The lowest BCUT2D eigenvalue weighted by molar-refractivity contribution is -0.138. The average Bonchev–Trinajstić information content (AvgIpc) is 3.32. The number of carbonyl (C=O) groups is 5. The summed E-state index contributed by atoms with van der Waals surface area (Å²) < 4.78 is 0. The van der Waals surface area contributed by atoms with E-state index < -0.39 is 54.3 Å². The highest BCUT2D eigenvalue weighted by Gasteiger charge is 2.29. The van der Waals surface area contributed by atoms with Gasteiger partial charge in [-0.2, -0.15) is 0 Å². The zero-order valence-corrected chi connectivity index (χ0v) is 21.6. The number of aromatic amines is 1. The van der Waals surface area contributed by atoms with E-state index in [1.165, 1.54) is 24.3 Å². The number of hydrogen-bond acceptors (Lipinski definition) is 7. The number of fused-ring (bicyclic) bond motifs is 1. The maximum absolute atomic E-state index is 13.2. The van der Waals surface area contributed by atoms with Gasteiger partial charge < -0.3 is 42.6 Å². The Morgan fingerprint density at radius 2 is 1.55 bits per heavy atom. The van der Waals surface area contributed by atoms with Crippen LogP contribution in [0.25, 0.3) is 10.9 Å². The third kappa shape index (κ3) is 8.56. The highest BCUT2D eigenvalue weighted by Crippen LogP contribution is 2.19. The molecule has 0 aliphatic carbocycles. The molecular formula is C27H32N6O7. The van der Waals surface area contributed by atoms with E-state index in [2.05, 4.69) is 20.9 Å².